The first-order valence-corrected chi connectivity index (χ1v) is 6.50. The number of halogens is 2. The number of nitrogens with zero attached hydrogens (tertiary/aromatic N) is 2. The van der Waals surface area contributed by atoms with Crippen LogP contribution in [-0.4, -0.2) is 16.3 Å². The molecule has 0 atom stereocenters. The van der Waals surface area contributed by atoms with Crippen LogP contribution in [0.5, 0.6) is 0 Å². The Hall–Kier alpha value is -1.000. The lowest BCUT2D eigenvalue weighted by Gasteiger charge is -2.07. The van der Waals surface area contributed by atoms with Crippen molar-refractivity contribution in [2.24, 2.45) is 7.05 Å². The van der Waals surface area contributed by atoms with Gasteiger partial charge in [-0.3, -0.25) is 4.68 Å². The van der Waals surface area contributed by atoms with Crippen LogP contribution in [0.15, 0.2) is 34.9 Å². The average molecular weight is 315 g/mol. The Balaban J connectivity index is 1.90. The van der Waals surface area contributed by atoms with Crippen molar-refractivity contribution in [2.45, 2.75) is 6.42 Å². The molecule has 0 radical (unpaired) electrons. The standard InChI is InChI=1S/C12H13BrClN3/c1-17-10(5-7-16-17)4-6-15-9-2-3-11(13)12(14)8-9/h2-3,5,7-8,15H,4,6H2,1H3. The molecule has 0 amide bonds. The molecule has 1 aromatic heterocycles. The molecule has 3 nitrogen and oxygen atoms in total. The Kier molecular flexibility index (Phi) is 4.07. The third-order valence-electron chi connectivity index (χ3n) is 2.55. The summed E-state index contributed by atoms with van der Waals surface area (Å²) in [6, 6.07) is 7.87. The minimum atomic E-state index is 0.718. The van der Waals surface area contributed by atoms with Gasteiger partial charge in [0, 0.05) is 42.1 Å². The maximum atomic E-state index is 6.02. The summed E-state index contributed by atoms with van der Waals surface area (Å²) in [5.74, 6) is 0. The largest absolute Gasteiger partial charge is 0.385 e. The minimum Gasteiger partial charge on any atom is -0.385 e. The summed E-state index contributed by atoms with van der Waals surface area (Å²) in [7, 11) is 1.95. The molecule has 0 bridgehead atoms. The monoisotopic (exact) mass is 313 g/mol. The van der Waals surface area contributed by atoms with Gasteiger partial charge in [-0.05, 0) is 40.2 Å². The van der Waals surface area contributed by atoms with Crippen LogP contribution < -0.4 is 5.32 Å². The van der Waals surface area contributed by atoms with Crippen LogP contribution in [0.3, 0.4) is 0 Å². The Morgan fingerprint density at radius 1 is 1.41 bits per heavy atom. The predicted molar refractivity (Wildman–Crippen MR) is 74.6 cm³/mol. The highest BCUT2D eigenvalue weighted by Crippen LogP contribution is 2.25. The van der Waals surface area contributed by atoms with Crippen molar-refractivity contribution in [3.8, 4) is 0 Å². The van der Waals surface area contributed by atoms with Crippen LogP contribution in [0.2, 0.25) is 5.02 Å². The van der Waals surface area contributed by atoms with Crippen LogP contribution in [0.4, 0.5) is 5.69 Å². The quantitative estimate of drug-likeness (QED) is 0.936. The zero-order valence-electron chi connectivity index (χ0n) is 9.45. The van der Waals surface area contributed by atoms with Gasteiger partial charge >= 0.3 is 0 Å². The maximum Gasteiger partial charge on any atom is 0.0568 e. The van der Waals surface area contributed by atoms with Gasteiger partial charge in [-0.2, -0.15) is 5.10 Å². The van der Waals surface area contributed by atoms with Crippen molar-refractivity contribution < 1.29 is 0 Å². The van der Waals surface area contributed by atoms with Crippen LogP contribution in [0.25, 0.3) is 0 Å². The molecule has 1 heterocycles. The topological polar surface area (TPSA) is 29.9 Å². The number of rotatable bonds is 4. The van der Waals surface area contributed by atoms with Crippen molar-refractivity contribution in [2.75, 3.05) is 11.9 Å². The molecule has 0 spiro atoms. The van der Waals surface area contributed by atoms with Gasteiger partial charge in [0.25, 0.3) is 0 Å². The highest BCUT2D eigenvalue weighted by Gasteiger charge is 2.00. The molecule has 0 saturated carbocycles. The third-order valence-corrected chi connectivity index (χ3v) is 3.78. The van der Waals surface area contributed by atoms with E-state index in [0.29, 0.717) is 0 Å². The average Bonchev–Trinajstić information content (AvgIpc) is 2.70. The van der Waals surface area contributed by atoms with Gasteiger partial charge in [0.15, 0.2) is 0 Å². The summed E-state index contributed by atoms with van der Waals surface area (Å²) < 4.78 is 2.80. The van der Waals surface area contributed by atoms with E-state index in [9.17, 15) is 0 Å². The van der Waals surface area contributed by atoms with E-state index in [1.54, 1.807) is 0 Å². The zero-order chi connectivity index (χ0) is 12.3. The van der Waals surface area contributed by atoms with E-state index in [4.69, 9.17) is 11.6 Å². The Morgan fingerprint density at radius 2 is 2.24 bits per heavy atom. The van der Waals surface area contributed by atoms with Gasteiger partial charge < -0.3 is 5.32 Å². The molecule has 1 N–H and O–H groups in total. The van der Waals surface area contributed by atoms with Crippen molar-refractivity contribution in [3.05, 3.63) is 45.7 Å². The molecule has 0 aliphatic carbocycles. The number of benzene rings is 1. The summed E-state index contributed by atoms with van der Waals surface area (Å²) in [6.07, 6.45) is 2.75. The molecule has 17 heavy (non-hydrogen) atoms. The molecule has 2 aromatic rings. The lowest BCUT2D eigenvalue weighted by molar-refractivity contribution is 0.711. The summed E-state index contributed by atoms with van der Waals surface area (Å²) in [5.41, 5.74) is 2.24. The smallest absolute Gasteiger partial charge is 0.0568 e. The summed E-state index contributed by atoms with van der Waals surface area (Å²) in [5, 5.41) is 8.18. The number of aryl methyl sites for hydroxylation is 1. The Morgan fingerprint density at radius 3 is 2.88 bits per heavy atom. The Labute approximate surface area is 114 Å². The summed E-state index contributed by atoms with van der Waals surface area (Å²) in [6.45, 7) is 0.859. The SMILES string of the molecule is Cn1nccc1CCNc1ccc(Br)c(Cl)c1. The van der Waals surface area contributed by atoms with Gasteiger partial charge in [0.05, 0.1) is 5.02 Å². The van der Waals surface area contributed by atoms with Gasteiger partial charge in [0.1, 0.15) is 0 Å². The number of hydrogen-bond acceptors (Lipinski definition) is 2. The zero-order valence-corrected chi connectivity index (χ0v) is 11.8. The maximum absolute atomic E-state index is 6.02. The second kappa shape index (κ2) is 5.56. The molecule has 2 rings (SSSR count). The molecule has 0 aliphatic heterocycles. The molecule has 1 aromatic carbocycles. The first kappa shape index (κ1) is 12.5. The van der Waals surface area contributed by atoms with Crippen LogP contribution >= 0.6 is 27.5 Å². The lowest BCUT2D eigenvalue weighted by atomic mass is 10.3. The van der Waals surface area contributed by atoms with E-state index in [1.165, 1.54) is 5.69 Å². The van der Waals surface area contributed by atoms with Gasteiger partial charge in [-0.25, -0.2) is 0 Å². The van der Waals surface area contributed by atoms with Gasteiger partial charge in [-0.15, -0.1) is 0 Å². The van der Waals surface area contributed by atoms with Crippen LogP contribution in [0, 0.1) is 0 Å². The highest BCUT2D eigenvalue weighted by atomic mass is 79.9. The molecule has 90 valence electrons. The normalized spacial score (nSPS) is 10.5. The third kappa shape index (κ3) is 3.23. The van der Waals surface area contributed by atoms with Crippen molar-refractivity contribution in [3.63, 3.8) is 0 Å². The fraction of sp³-hybridized carbons (Fsp3) is 0.250. The van der Waals surface area contributed by atoms with Crippen LogP contribution in [0.1, 0.15) is 5.69 Å². The number of hydrogen-bond donors (Lipinski definition) is 1. The fourth-order valence-electron chi connectivity index (χ4n) is 1.59. The van der Waals surface area contributed by atoms with Crippen molar-refractivity contribution in [1.29, 1.82) is 0 Å². The number of aromatic nitrogens is 2. The first-order chi connectivity index (χ1) is 8.16. The molecule has 5 heteroatoms. The second-order valence-electron chi connectivity index (χ2n) is 3.75. The van der Waals surface area contributed by atoms with E-state index in [-0.39, 0.29) is 0 Å². The van der Waals surface area contributed by atoms with E-state index in [0.717, 1.165) is 28.1 Å². The molecule has 0 fully saturated rings. The molecular weight excluding hydrogens is 302 g/mol. The summed E-state index contributed by atoms with van der Waals surface area (Å²) >= 11 is 9.38. The predicted octanol–water partition coefficient (Wildman–Crippen LogP) is 3.49. The Bertz CT molecular complexity index is 510. The fourth-order valence-corrected chi connectivity index (χ4v) is 2.01. The highest BCUT2D eigenvalue weighted by molar-refractivity contribution is 9.10. The van der Waals surface area contributed by atoms with Crippen LogP contribution in [-0.2, 0) is 13.5 Å². The molecule has 0 unspecified atom stereocenters. The van der Waals surface area contributed by atoms with Crippen molar-refractivity contribution >= 4 is 33.2 Å². The second-order valence-corrected chi connectivity index (χ2v) is 5.01. The minimum absolute atomic E-state index is 0.718. The van der Waals surface area contributed by atoms with Gasteiger partial charge in [0.2, 0.25) is 0 Å². The van der Waals surface area contributed by atoms with E-state index in [1.807, 2.05) is 42.2 Å². The van der Waals surface area contributed by atoms with E-state index >= 15 is 0 Å². The lowest BCUT2D eigenvalue weighted by Crippen LogP contribution is -2.08. The molecular formula is C12H13BrClN3. The number of nitrogens with one attached hydrogen (secondary N) is 1. The number of anilines is 1. The molecule has 0 saturated heterocycles. The van der Waals surface area contributed by atoms with E-state index < -0.39 is 0 Å². The van der Waals surface area contributed by atoms with Gasteiger partial charge in [-0.1, -0.05) is 11.6 Å². The van der Waals surface area contributed by atoms with Crippen molar-refractivity contribution in [1.82, 2.24) is 9.78 Å². The van der Waals surface area contributed by atoms with E-state index in [2.05, 4.69) is 26.3 Å². The summed E-state index contributed by atoms with van der Waals surface area (Å²) in [4.78, 5) is 0. The first-order valence-electron chi connectivity index (χ1n) is 5.32. The molecule has 0 aliphatic rings.